The van der Waals surface area contributed by atoms with Crippen LogP contribution in [0.1, 0.15) is 44.1 Å². The Balaban J connectivity index is 1.36. The molecule has 5 nitrogen and oxygen atoms in total. The predicted octanol–water partition coefficient (Wildman–Crippen LogP) is 3.76. The quantitative estimate of drug-likeness (QED) is 0.756. The zero-order valence-corrected chi connectivity index (χ0v) is 16.9. The van der Waals surface area contributed by atoms with Crippen LogP contribution in [0, 0.1) is 5.92 Å². The van der Waals surface area contributed by atoms with Crippen LogP contribution in [0.25, 0.3) is 6.08 Å². The van der Waals surface area contributed by atoms with Crippen LogP contribution in [0.2, 0.25) is 5.02 Å². The number of carbonyl (C=O) groups is 2. The van der Waals surface area contributed by atoms with Crippen molar-refractivity contribution in [1.82, 2.24) is 9.80 Å². The Labute approximate surface area is 171 Å². The van der Waals surface area contributed by atoms with Crippen LogP contribution in [-0.2, 0) is 9.59 Å². The van der Waals surface area contributed by atoms with Crippen molar-refractivity contribution in [3.8, 4) is 5.75 Å². The highest BCUT2D eigenvalue weighted by Gasteiger charge is 2.32. The minimum absolute atomic E-state index is 0.00583. The van der Waals surface area contributed by atoms with Gasteiger partial charge in [0.25, 0.3) is 5.91 Å². The number of ether oxygens (including phenoxy) is 1. The summed E-state index contributed by atoms with van der Waals surface area (Å²) in [6.45, 7) is 3.32. The molecule has 2 amide bonds. The molecule has 2 saturated heterocycles. The first kappa shape index (κ1) is 19.3. The number of nitrogens with zero attached hydrogens (tertiary/aromatic N) is 2. The lowest BCUT2D eigenvalue weighted by Crippen LogP contribution is -2.45. The Bertz CT molecular complexity index is 776. The first-order valence-electron chi connectivity index (χ1n) is 10.3. The second-order valence-electron chi connectivity index (χ2n) is 7.95. The number of fused-ring (bicyclic) bond motifs is 1. The topological polar surface area (TPSA) is 49.9 Å². The van der Waals surface area contributed by atoms with Gasteiger partial charge in [-0.05, 0) is 50.0 Å². The molecule has 6 heteroatoms. The van der Waals surface area contributed by atoms with Crippen molar-refractivity contribution in [3.63, 3.8) is 0 Å². The van der Waals surface area contributed by atoms with Crippen LogP contribution in [0.15, 0.2) is 23.8 Å². The van der Waals surface area contributed by atoms with E-state index in [0.29, 0.717) is 23.7 Å². The zero-order chi connectivity index (χ0) is 19.5. The van der Waals surface area contributed by atoms with E-state index in [1.807, 2.05) is 28.0 Å². The smallest absolute Gasteiger partial charge is 0.253 e. The number of amides is 2. The van der Waals surface area contributed by atoms with Gasteiger partial charge >= 0.3 is 0 Å². The van der Waals surface area contributed by atoms with Crippen molar-refractivity contribution in [2.75, 3.05) is 32.8 Å². The van der Waals surface area contributed by atoms with Crippen molar-refractivity contribution in [1.29, 1.82) is 0 Å². The monoisotopic (exact) mass is 402 g/mol. The maximum Gasteiger partial charge on any atom is 0.253 e. The van der Waals surface area contributed by atoms with Gasteiger partial charge in [-0.3, -0.25) is 9.59 Å². The van der Waals surface area contributed by atoms with Crippen molar-refractivity contribution in [3.05, 3.63) is 34.4 Å². The highest BCUT2D eigenvalue weighted by Crippen LogP contribution is 2.30. The molecule has 1 aromatic carbocycles. The number of benzene rings is 1. The summed E-state index contributed by atoms with van der Waals surface area (Å²) in [4.78, 5) is 29.7. The number of hydrogen-bond donors (Lipinski definition) is 0. The molecule has 1 aromatic rings. The molecule has 0 bridgehead atoms. The predicted molar refractivity (Wildman–Crippen MR) is 109 cm³/mol. The molecule has 0 spiro atoms. The number of rotatable bonds is 2. The number of piperidine rings is 1. The average Bonchev–Trinajstić information content (AvgIpc) is 3.02. The van der Waals surface area contributed by atoms with Crippen molar-refractivity contribution >= 4 is 29.5 Å². The van der Waals surface area contributed by atoms with Gasteiger partial charge in [0, 0.05) is 42.7 Å². The molecule has 0 N–H and O–H groups in total. The van der Waals surface area contributed by atoms with Gasteiger partial charge in [0.2, 0.25) is 5.91 Å². The fourth-order valence-corrected chi connectivity index (χ4v) is 4.53. The summed E-state index contributed by atoms with van der Waals surface area (Å²) in [5, 5.41) is 0.625. The molecule has 0 aliphatic carbocycles. The molecule has 0 unspecified atom stereocenters. The Morgan fingerprint density at radius 1 is 0.964 bits per heavy atom. The molecule has 0 saturated carbocycles. The van der Waals surface area contributed by atoms with Crippen molar-refractivity contribution in [2.24, 2.45) is 5.92 Å². The van der Waals surface area contributed by atoms with E-state index in [1.165, 1.54) is 12.8 Å². The second kappa shape index (κ2) is 8.56. The van der Waals surface area contributed by atoms with E-state index in [0.717, 1.165) is 50.1 Å². The largest absolute Gasteiger partial charge is 0.488 e. The number of carbonyl (C=O) groups excluding carboxylic acids is 2. The molecular formula is C22H27ClN2O3. The average molecular weight is 403 g/mol. The van der Waals surface area contributed by atoms with E-state index in [2.05, 4.69) is 0 Å². The van der Waals surface area contributed by atoms with Gasteiger partial charge in [-0.15, -0.1) is 0 Å². The first-order chi connectivity index (χ1) is 13.6. The Morgan fingerprint density at radius 2 is 1.68 bits per heavy atom. The van der Waals surface area contributed by atoms with E-state index >= 15 is 0 Å². The molecule has 3 aliphatic heterocycles. The van der Waals surface area contributed by atoms with Crippen LogP contribution >= 0.6 is 11.6 Å². The molecule has 0 radical (unpaired) electrons. The Hall–Kier alpha value is -2.01. The molecule has 3 heterocycles. The highest BCUT2D eigenvalue weighted by molar-refractivity contribution is 6.30. The van der Waals surface area contributed by atoms with E-state index in [4.69, 9.17) is 16.3 Å². The maximum absolute atomic E-state index is 12.9. The van der Waals surface area contributed by atoms with Crippen LogP contribution in [0.3, 0.4) is 0 Å². The summed E-state index contributed by atoms with van der Waals surface area (Å²) in [7, 11) is 0. The van der Waals surface area contributed by atoms with Crippen LogP contribution in [0.4, 0.5) is 0 Å². The van der Waals surface area contributed by atoms with Crippen LogP contribution in [-0.4, -0.2) is 54.4 Å². The molecule has 4 rings (SSSR count). The number of halogens is 1. The van der Waals surface area contributed by atoms with Gasteiger partial charge in [-0.2, -0.15) is 0 Å². The molecule has 28 heavy (non-hydrogen) atoms. The maximum atomic E-state index is 12.9. The van der Waals surface area contributed by atoms with E-state index in [9.17, 15) is 9.59 Å². The van der Waals surface area contributed by atoms with Gasteiger partial charge in [0.15, 0.2) is 0 Å². The Kier molecular flexibility index (Phi) is 5.90. The summed E-state index contributed by atoms with van der Waals surface area (Å²) >= 11 is 6.06. The normalized spacial score (nSPS) is 20.7. The summed E-state index contributed by atoms with van der Waals surface area (Å²) in [5.74, 6) is 1.10. The SMILES string of the molecule is O=C(C1=Cc2cc(Cl)ccc2OC1)N1CCC(C(=O)N2CCCCCC2)CC1. The molecule has 3 aliphatic rings. The van der Waals surface area contributed by atoms with Crippen molar-refractivity contribution < 1.29 is 14.3 Å². The lowest BCUT2D eigenvalue weighted by atomic mass is 9.94. The van der Waals surface area contributed by atoms with Gasteiger partial charge in [-0.25, -0.2) is 0 Å². The minimum atomic E-state index is 0.00583. The Morgan fingerprint density at radius 3 is 2.39 bits per heavy atom. The molecule has 0 aromatic heterocycles. The van der Waals surface area contributed by atoms with Crippen molar-refractivity contribution in [2.45, 2.75) is 38.5 Å². The van der Waals surface area contributed by atoms with E-state index in [-0.39, 0.29) is 24.3 Å². The lowest BCUT2D eigenvalue weighted by molar-refractivity contribution is -0.139. The summed E-state index contributed by atoms with van der Waals surface area (Å²) in [5.41, 5.74) is 1.49. The minimum Gasteiger partial charge on any atom is -0.488 e. The second-order valence-corrected chi connectivity index (χ2v) is 8.38. The molecule has 0 atom stereocenters. The molecule has 150 valence electrons. The summed E-state index contributed by atoms with van der Waals surface area (Å²) < 4.78 is 5.72. The van der Waals surface area contributed by atoms with Gasteiger partial charge in [0.1, 0.15) is 12.4 Å². The summed E-state index contributed by atoms with van der Waals surface area (Å²) in [6, 6.07) is 5.43. The summed E-state index contributed by atoms with van der Waals surface area (Å²) in [6.07, 6.45) is 8.05. The fraction of sp³-hybridized carbons (Fsp3) is 0.545. The van der Waals surface area contributed by atoms with Gasteiger partial charge in [0.05, 0.1) is 5.57 Å². The lowest BCUT2D eigenvalue weighted by Gasteiger charge is -2.34. The third-order valence-corrected chi connectivity index (χ3v) is 6.24. The standard InChI is InChI=1S/C22H27ClN2O3/c23-19-5-6-20-17(14-19)13-18(15-28-20)22(27)25-11-7-16(8-12-25)21(26)24-9-3-1-2-4-10-24/h5-6,13-14,16H,1-4,7-12,15H2. The van der Waals surface area contributed by atoms with Crippen LogP contribution < -0.4 is 4.74 Å². The number of likely N-dealkylation sites (tertiary alicyclic amines) is 2. The zero-order valence-electron chi connectivity index (χ0n) is 16.2. The third kappa shape index (κ3) is 4.19. The van der Waals surface area contributed by atoms with E-state index < -0.39 is 0 Å². The molecular weight excluding hydrogens is 376 g/mol. The number of hydrogen-bond acceptors (Lipinski definition) is 3. The third-order valence-electron chi connectivity index (χ3n) is 6.01. The first-order valence-corrected chi connectivity index (χ1v) is 10.7. The van der Waals surface area contributed by atoms with Gasteiger partial charge < -0.3 is 14.5 Å². The van der Waals surface area contributed by atoms with E-state index in [1.54, 1.807) is 6.07 Å². The fourth-order valence-electron chi connectivity index (χ4n) is 4.35. The molecule has 2 fully saturated rings. The van der Waals surface area contributed by atoms with Gasteiger partial charge in [-0.1, -0.05) is 24.4 Å². The van der Waals surface area contributed by atoms with Crippen LogP contribution in [0.5, 0.6) is 5.75 Å². The highest BCUT2D eigenvalue weighted by atomic mass is 35.5.